The summed E-state index contributed by atoms with van der Waals surface area (Å²) in [5, 5.41) is 10.7. The summed E-state index contributed by atoms with van der Waals surface area (Å²) in [6, 6.07) is 2.87. The van der Waals surface area contributed by atoms with Crippen molar-refractivity contribution >= 4 is 17.6 Å². The molecule has 2 rings (SSSR count). The average Bonchev–Trinajstić information content (AvgIpc) is 2.67. The van der Waals surface area contributed by atoms with Gasteiger partial charge in [-0.1, -0.05) is 13.8 Å². The lowest BCUT2D eigenvalue weighted by Crippen LogP contribution is -2.53. The largest absolute Gasteiger partial charge is 0.444 e. The van der Waals surface area contributed by atoms with Gasteiger partial charge in [0.05, 0.1) is 24.4 Å². The Bertz CT molecular complexity index is 645. The number of anilines is 1. The molecule has 158 valence electrons. The van der Waals surface area contributed by atoms with Gasteiger partial charge in [-0.05, 0) is 43.7 Å². The Morgan fingerprint density at radius 2 is 2.07 bits per heavy atom. The van der Waals surface area contributed by atoms with Crippen LogP contribution in [-0.4, -0.2) is 65.4 Å². The monoisotopic (exact) mass is 396 g/mol. The third-order valence-electron chi connectivity index (χ3n) is 4.21. The van der Waals surface area contributed by atoms with Crippen LogP contribution in [0.25, 0.3) is 0 Å². The van der Waals surface area contributed by atoms with Crippen molar-refractivity contribution in [2.75, 3.05) is 31.6 Å². The zero-order chi connectivity index (χ0) is 21.5. The van der Waals surface area contributed by atoms with Gasteiger partial charge < -0.3 is 29.4 Å². The quantitative estimate of drug-likeness (QED) is 0.567. The van der Waals surface area contributed by atoms with Crippen molar-refractivity contribution in [3.05, 3.63) is 28.4 Å². The van der Waals surface area contributed by atoms with E-state index in [1.807, 2.05) is 46.4 Å². The lowest BCUT2D eigenvalue weighted by atomic mass is 10.1. The average molecular weight is 396 g/mol. The van der Waals surface area contributed by atoms with Crippen LogP contribution in [0.3, 0.4) is 0 Å². The lowest BCUT2D eigenvalue weighted by Gasteiger charge is -2.39. The number of rotatable bonds is 4. The van der Waals surface area contributed by atoms with Crippen molar-refractivity contribution < 1.29 is 19.2 Å². The molecule has 0 N–H and O–H groups in total. The number of ether oxygens (including phenoxy) is 2. The molecule has 0 radical (unpaired) electrons. The molecule has 0 spiro atoms. The van der Waals surface area contributed by atoms with Crippen LogP contribution in [0.2, 0.25) is 0 Å². The molecule has 0 saturated carbocycles. The van der Waals surface area contributed by atoms with Crippen LogP contribution in [-0.2, 0) is 9.47 Å². The highest BCUT2D eigenvalue weighted by Gasteiger charge is 2.32. The number of aromatic nitrogens is 1. The van der Waals surface area contributed by atoms with Crippen LogP contribution in [0.15, 0.2) is 18.3 Å². The van der Waals surface area contributed by atoms with Gasteiger partial charge in [-0.2, -0.15) is 0 Å². The molecule has 1 aliphatic heterocycles. The van der Waals surface area contributed by atoms with E-state index in [1.165, 1.54) is 17.2 Å². The van der Waals surface area contributed by atoms with Crippen LogP contribution in [0, 0.1) is 10.1 Å². The number of morpholine rings is 1. The fourth-order valence-electron chi connectivity index (χ4n) is 2.62. The summed E-state index contributed by atoms with van der Waals surface area (Å²) in [5.74, 6) is -0.184. The summed E-state index contributed by atoms with van der Waals surface area (Å²) in [4.78, 5) is 29.9. The second kappa shape index (κ2) is 10.2. The number of nitrogens with zero attached hydrogens (tertiary/aromatic N) is 4. The summed E-state index contributed by atoms with van der Waals surface area (Å²) >= 11 is 0. The Kier molecular flexibility index (Phi) is 8.62. The third-order valence-corrected chi connectivity index (χ3v) is 4.21. The van der Waals surface area contributed by atoms with E-state index in [1.54, 1.807) is 13.1 Å². The van der Waals surface area contributed by atoms with E-state index in [-0.39, 0.29) is 18.0 Å². The molecular weight excluding hydrogens is 364 g/mol. The van der Waals surface area contributed by atoms with Crippen LogP contribution in [0.4, 0.5) is 16.3 Å². The highest BCUT2D eigenvalue weighted by molar-refractivity contribution is 5.68. The van der Waals surface area contributed by atoms with Crippen molar-refractivity contribution in [2.24, 2.45) is 0 Å². The summed E-state index contributed by atoms with van der Waals surface area (Å²) in [6.45, 7) is 13.1. The van der Waals surface area contributed by atoms with Gasteiger partial charge in [0.25, 0.3) is 0 Å². The van der Waals surface area contributed by atoms with Crippen LogP contribution < -0.4 is 4.90 Å². The number of hydrogen-bond acceptors (Lipinski definition) is 7. The van der Waals surface area contributed by atoms with Crippen molar-refractivity contribution in [1.82, 2.24) is 9.88 Å². The first-order valence-corrected chi connectivity index (χ1v) is 9.51. The maximum Gasteiger partial charge on any atom is 0.410 e. The maximum absolute atomic E-state index is 12.3. The van der Waals surface area contributed by atoms with Crippen LogP contribution >= 0.6 is 0 Å². The van der Waals surface area contributed by atoms with Gasteiger partial charge >= 0.3 is 11.9 Å². The van der Waals surface area contributed by atoms with Crippen molar-refractivity contribution in [3.8, 4) is 0 Å². The molecule has 1 aromatic heterocycles. The van der Waals surface area contributed by atoms with Gasteiger partial charge in [-0.25, -0.2) is 4.79 Å². The molecule has 2 atom stereocenters. The second-order valence-corrected chi connectivity index (χ2v) is 7.32. The molecule has 28 heavy (non-hydrogen) atoms. The number of likely N-dealkylation sites (N-methyl/N-ethyl adjacent to an activating group) is 1. The number of nitro groups is 1. The highest BCUT2D eigenvalue weighted by Crippen LogP contribution is 2.22. The Morgan fingerprint density at radius 1 is 1.43 bits per heavy atom. The Balaban J connectivity index is 0.00000190. The van der Waals surface area contributed by atoms with E-state index < -0.39 is 16.6 Å². The lowest BCUT2D eigenvalue weighted by molar-refractivity contribution is -0.389. The van der Waals surface area contributed by atoms with Gasteiger partial charge in [0.1, 0.15) is 5.60 Å². The molecule has 0 aromatic carbocycles. The van der Waals surface area contributed by atoms with Gasteiger partial charge in [-0.15, -0.1) is 0 Å². The zero-order valence-electron chi connectivity index (χ0n) is 17.8. The fourth-order valence-corrected chi connectivity index (χ4v) is 2.62. The topological polar surface area (TPSA) is 98.0 Å². The third kappa shape index (κ3) is 6.63. The van der Waals surface area contributed by atoms with Crippen molar-refractivity contribution in [2.45, 2.75) is 59.3 Å². The molecule has 1 aromatic rings. The minimum absolute atomic E-state index is 0.184. The Morgan fingerprint density at radius 3 is 2.57 bits per heavy atom. The molecule has 2 heterocycles. The summed E-state index contributed by atoms with van der Waals surface area (Å²) in [6.07, 6.45) is 0.877. The summed E-state index contributed by atoms with van der Waals surface area (Å²) in [5.41, 5.74) is 0.227. The van der Waals surface area contributed by atoms with Gasteiger partial charge in [-0.3, -0.25) is 0 Å². The molecule has 0 aliphatic carbocycles. The number of carbonyl (C=O) groups is 1. The maximum atomic E-state index is 12.3. The molecule has 9 nitrogen and oxygen atoms in total. The predicted octanol–water partition coefficient (Wildman–Crippen LogP) is 3.48. The van der Waals surface area contributed by atoms with Crippen LogP contribution in [0.1, 0.15) is 41.5 Å². The van der Waals surface area contributed by atoms with E-state index in [4.69, 9.17) is 9.47 Å². The van der Waals surface area contributed by atoms with Crippen molar-refractivity contribution in [3.63, 3.8) is 0 Å². The molecule has 1 saturated heterocycles. The zero-order valence-corrected chi connectivity index (χ0v) is 17.8. The van der Waals surface area contributed by atoms with E-state index in [0.717, 1.165) is 5.69 Å². The first-order chi connectivity index (χ1) is 13.1. The molecule has 1 aliphatic rings. The highest BCUT2D eigenvalue weighted by atomic mass is 16.6. The van der Waals surface area contributed by atoms with E-state index in [2.05, 4.69) is 4.98 Å². The standard InChI is InChI=1S/C17H26N4O5.C2H6/c1-12(19(5)16(22)26-17(2,3)4)14-11-20(8-9-25-14)13-6-7-15(18-10-13)21(23)24;1-2/h6-7,10,12,14H,8-9,11H2,1-5H3;1-2H3. The summed E-state index contributed by atoms with van der Waals surface area (Å²) in [7, 11) is 1.69. The van der Waals surface area contributed by atoms with E-state index >= 15 is 0 Å². The predicted molar refractivity (Wildman–Crippen MR) is 108 cm³/mol. The Labute approximate surface area is 166 Å². The second-order valence-electron chi connectivity index (χ2n) is 7.32. The normalized spacial score (nSPS) is 17.8. The minimum atomic E-state index is -0.561. The number of hydrogen-bond donors (Lipinski definition) is 0. The molecule has 1 fully saturated rings. The van der Waals surface area contributed by atoms with Crippen LogP contribution in [0.5, 0.6) is 0 Å². The van der Waals surface area contributed by atoms with Gasteiger partial charge in [0, 0.05) is 26.2 Å². The molecule has 0 bridgehead atoms. The van der Waals surface area contributed by atoms with Crippen molar-refractivity contribution in [1.29, 1.82) is 0 Å². The number of carbonyl (C=O) groups excluding carboxylic acids is 1. The summed E-state index contributed by atoms with van der Waals surface area (Å²) < 4.78 is 11.2. The van der Waals surface area contributed by atoms with Gasteiger partial charge in [0.15, 0.2) is 6.20 Å². The molecule has 2 unspecified atom stereocenters. The SMILES string of the molecule is CC.CC(C1CN(c2ccc([N+](=O)[O-])nc2)CCO1)N(C)C(=O)OC(C)(C)C. The van der Waals surface area contributed by atoms with E-state index in [0.29, 0.717) is 19.7 Å². The van der Waals surface area contributed by atoms with E-state index in [9.17, 15) is 14.9 Å². The number of pyridine rings is 1. The molecular formula is C19H32N4O5. The molecule has 9 heteroatoms. The first-order valence-electron chi connectivity index (χ1n) is 9.51. The fraction of sp³-hybridized carbons (Fsp3) is 0.684. The minimum Gasteiger partial charge on any atom is -0.444 e. The first kappa shape index (κ1) is 23.6. The Hall–Kier alpha value is -2.42. The van der Waals surface area contributed by atoms with Gasteiger partial charge in [0.2, 0.25) is 0 Å². The number of amides is 1. The smallest absolute Gasteiger partial charge is 0.410 e. The molecule has 1 amide bonds.